The number of ether oxygens (including phenoxy) is 3. The van der Waals surface area contributed by atoms with Gasteiger partial charge in [-0.3, -0.25) is 4.79 Å². The second kappa shape index (κ2) is 11.3. The number of piperazine rings is 1. The van der Waals surface area contributed by atoms with Crippen LogP contribution in [0.15, 0.2) is 42.5 Å². The van der Waals surface area contributed by atoms with Gasteiger partial charge in [0.25, 0.3) is 5.91 Å². The van der Waals surface area contributed by atoms with Gasteiger partial charge in [-0.25, -0.2) is 4.79 Å². The molecule has 0 aromatic heterocycles. The van der Waals surface area contributed by atoms with Crippen LogP contribution in [0.3, 0.4) is 0 Å². The van der Waals surface area contributed by atoms with Gasteiger partial charge < -0.3 is 24.0 Å². The lowest BCUT2D eigenvalue weighted by atomic mass is 9.87. The maximum absolute atomic E-state index is 13.1. The molecule has 2 aromatic rings. The van der Waals surface area contributed by atoms with Crippen LogP contribution in [0.4, 0.5) is 4.79 Å². The van der Waals surface area contributed by atoms with Crippen molar-refractivity contribution in [3.8, 4) is 11.5 Å². The summed E-state index contributed by atoms with van der Waals surface area (Å²) >= 11 is 0. The summed E-state index contributed by atoms with van der Waals surface area (Å²) in [6.45, 7) is 13.3. The number of hydrogen-bond donors (Lipinski definition) is 0. The minimum atomic E-state index is -0.328. The smallest absolute Gasteiger partial charge is 0.409 e. The molecule has 184 valence electrons. The minimum Gasteiger partial charge on any atom is -0.493 e. The Labute approximate surface area is 202 Å². The molecule has 2 amide bonds. The zero-order valence-electron chi connectivity index (χ0n) is 20.9. The summed E-state index contributed by atoms with van der Waals surface area (Å²) in [5.74, 6) is 1.40. The highest BCUT2D eigenvalue weighted by atomic mass is 16.6. The first-order chi connectivity index (χ1) is 16.2. The Morgan fingerprint density at radius 1 is 0.853 bits per heavy atom. The summed E-state index contributed by atoms with van der Waals surface area (Å²) in [4.78, 5) is 28.5. The molecule has 0 atom stereocenters. The highest BCUT2D eigenvalue weighted by molar-refractivity contribution is 5.94. The van der Waals surface area contributed by atoms with Gasteiger partial charge in [-0.1, -0.05) is 32.9 Å². The zero-order valence-corrected chi connectivity index (χ0v) is 20.9. The Morgan fingerprint density at radius 2 is 1.50 bits per heavy atom. The molecule has 0 aliphatic carbocycles. The van der Waals surface area contributed by atoms with Crippen molar-refractivity contribution < 1.29 is 23.8 Å². The van der Waals surface area contributed by atoms with Crippen molar-refractivity contribution in [1.82, 2.24) is 9.80 Å². The highest BCUT2D eigenvalue weighted by Crippen LogP contribution is 2.27. The second-order valence-corrected chi connectivity index (χ2v) is 9.30. The molecule has 1 aliphatic rings. The molecule has 3 rings (SSSR count). The van der Waals surface area contributed by atoms with Crippen molar-refractivity contribution in [1.29, 1.82) is 0 Å². The van der Waals surface area contributed by atoms with Gasteiger partial charge in [0.05, 0.1) is 13.2 Å². The number of carbonyl (C=O) groups excluding carboxylic acids is 2. The van der Waals surface area contributed by atoms with Gasteiger partial charge in [0, 0.05) is 37.3 Å². The fraction of sp³-hybridized carbons (Fsp3) is 0.481. The fourth-order valence-corrected chi connectivity index (χ4v) is 3.82. The van der Waals surface area contributed by atoms with E-state index in [1.54, 1.807) is 22.8 Å². The first-order valence-electron chi connectivity index (χ1n) is 11.9. The van der Waals surface area contributed by atoms with Crippen molar-refractivity contribution in [3.05, 3.63) is 59.2 Å². The molecule has 1 fully saturated rings. The third-order valence-corrected chi connectivity index (χ3v) is 5.81. The molecular weight excluding hydrogens is 432 g/mol. The van der Waals surface area contributed by atoms with Crippen LogP contribution in [0.1, 0.15) is 56.1 Å². The van der Waals surface area contributed by atoms with Crippen molar-refractivity contribution in [2.75, 3.05) is 39.4 Å². The van der Waals surface area contributed by atoms with Crippen LogP contribution in [0.2, 0.25) is 0 Å². The molecule has 1 saturated heterocycles. The van der Waals surface area contributed by atoms with Crippen LogP contribution < -0.4 is 9.47 Å². The summed E-state index contributed by atoms with van der Waals surface area (Å²) in [6, 6.07) is 13.6. The molecule has 2 aromatic carbocycles. The SMILES string of the molecule is CCOC(=O)N1CCN(C(=O)c2ccc(OCC)c(COc3ccc(C(C)(C)C)cc3)c2)CC1. The highest BCUT2D eigenvalue weighted by Gasteiger charge is 2.26. The molecule has 0 radical (unpaired) electrons. The predicted octanol–water partition coefficient (Wildman–Crippen LogP) is 4.88. The monoisotopic (exact) mass is 468 g/mol. The molecule has 1 heterocycles. The third-order valence-electron chi connectivity index (χ3n) is 5.81. The molecule has 0 N–H and O–H groups in total. The summed E-state index contributed by atoms with van der Waals surface area (Å²) < 4.78 is 16.9. The average Bonchev–Trinajstić information content (AvgIpc) is 2.83. The van der Waals surface area contributed by atoms with Gasteiger partial charge in [0.2, 0.25) is 0 Å². The van der Waals surface area contributed by atoms with Gasteiger partial charge in [-0.05, 0) is 55.2 Å². The number of benzene rings is 2. The van der Waals surface area contributed by atoms with E-state index in [-0.39, 0.29) is 17.4 Å². The fourth-order valence-electron chi connectivity index (χ4n) is 3.82. The van der Waals surface area contributed by atoms with Crippen LogP contribution in [0.25, 0.3) is 0 Å². The molecule has 1 aliphatic heterocycles. The Hall–Kier alpha value is -3.22. The van der Waals surface area contributed by atoms with Gasteiger partial charge in [-0.15, -0.1) is 0 Å². The first kappa shape index (κ1) is 25.4. The average molecular weight is 469 g/mol. The number of carbonyl (C=O) groups is 2. The number of nitrogens with zero attached hydrogens (tertiary/aromatic N) is 2. The van der Waals surface area contributed by atoms with E-state index in [2.05, 4.69) is 32.9 Å². The van der Waals surface area contributed by atoms with E-state index in [1.807, 2.05) is 31.2 Å². The van der Waals surface area contributed by atoms with E-state index in [0.717, 1.165) is 11.3 Å². The maximum Gasteiger partial charge on any atom is 0.409 e. The second-order valence-electron chi connectivity index (χ2n) is 9.30. The molecule has 0 bridgehead atoms. The summed E-state index contributed by atoms with van der Waals surface area (Å²) in [5.41, 5.74) is 2.72. The van der Waals surface area contributed by atoms with E-state index in [0.29, 0.717) is 57.3 Å². The molecule has 0 spiro atoms. The van der Waals surface area contributed by atoms with Gasteiger partial charge >= 0.3 is 6.09 Å². The lowest BCUT2D eigenvalue weighted by molar-refractivity contribution is 0.0570. The first-order valence-corrected chi connectivity index (χ1v) is 11.9. The van der Waals surface area contributed by atoms with Crippen LogP contribution in [-0.4, -0.2) is 61.2 Å². The van der Waals surface area contributed by atoms with Crippen LogP contribution in [-0.2, 0) is 16.8 Å². The zero-order chi connectivity index (χ0) is 24.7. The third kappa shape index (κ3) is 6.43. The van der Waals surface area contributed by atoms with Crippen molar-refractivity contribution in [2.24, 2.45) is 0 Å². The van der Waals surface area contributed by atoms with E-state index in [1.165, 1.54) is 5.56 Å². The Bertz CT molecular complexity index is 974. The summed E-state index contributed by atoms with van der Waals surface area (Å²) in [7, 11) is 0. The van der Waals surface area contributed by atoms with E-state index in [9.17, 15) is 9.59 Å². The number of rotatable bonds is 7. The predicted molar refractivity (Wildman–Crippen MR) is 132 cm³/mol. The molecule has 7 nitrogen and oxygen atoms in total. The summed E-state index contributed by atoms with van der Waals surface area (Å²) in [6.07, 6.45) is -0.328. The number of amides is 2. The van der Waals surface area contributed by atoms with E-state index in [4.69, 9.17) is 14.2 Å². The van der Waals surface area contributed by atoms with Crippen LogP contribution in [0.5, 0.6) is 11.5 Å². The van der Waals surface area contributed by atoms with E-state index < -0.39 is 0 Å². The molecule has 0 saturated carbocycles. The van der Waals surface area contributed by atoms with Crippen LogP contribution >= 0.6 is 0 Å². The minimum absolute atomic E-state index is 0.0673. The molecule has 0 unspecified atom stereocenters. The summed E-state index contributed by atoms with van der Waals surface area (Å²) in [5, 5.41) is 0. The Kier molecular flexibility index (Phi) is 8.42. The topological polar surface area (TPSA) is 68.3 Å². The lowest BCUT2D eigenvalue weighted by Gasteiger charge is -2.34. The molecule has 7 heteroatoms. The Balaban J connectivity index is 1.68. The van der Waals surface area contributed by atoms with Gasteiger partial charge in [0.1, 0.15) is 18.1 Å². The normalized spacial score (nSPS) is 14.0. The van der Waals surface area contributed by atoms with Gasteiger partial charge in [-0.2, -0.15) is 0 Å². The largest absolute Gasteiger partial charge is 0.493 e. The lowest BCUT2D eigenvalue weighted by Crippen LogP contribution is -2.50. The quantitative estimate of drug-likeness (QED) is 0.580. The maximum atomic E-state index is 13.1. The standard InChI is InChI=1S/C27H36N2O5/c1-6-32-24-13-8-20(25(30)28-14-16-29(17-15-28)26(31)33-7-2)18-21(24)19-34-23-11-9-22(10-12-23)27(3,4)5/h8-13,18H,6-7,14-17,19H2,1-5H3. The Morgan fingerprint density at radius 3 is 2.09 bits per heavy atom. The van der Waals surface area contributed by atoms with E-state index >= 15 is 0 Å². The van der Waals surface area contributed by atoms with Crippen molar-refractivity contribution >= 4 is 12.0 Å². The molecule has 34 heavy (non-hydrogen) atoms. The number of hydrogen-bond acceptors (Lipinski definition) is 5. The molecular formula is C27H36N2O5. The van der Waals surface area contributed by atoms with Gasteiger partial charge in [0.15, 0.2) is 0 Å². The van der Waals surface area contributed by atoms with Crippen LogP contribution in [0, 0.1) is 0 Å². The van der Waals surface area contributed by atoms with Crippen molar-refractivity contribution in [3.63, 3.8) is 0 Å². The van der Waals surface area contributed by atoms with Crippen molar-refractivity contribution in [2.45, 2.75) is 46.6 Å².